The van der Waals surface area contributed by atoms with Crippen LogP contribution in [0.5, 0.6) is 0 Å². The summed E-state index contributed by atoms with van der Waals surface area (Å²) < 4.78 is 63.3. The Morgan fingerprint density at radius 1 is 0.428 bits per heavy atom. The molecule has 145 heavy (non-hydrogen) atoms. The summed E-state index contributed by atoms with van der Waals surface area (Å²) in [4.78, 5) is 45.0. The molecule has 0 saturated carbocycles. The molecule has 13 nitrogen and oxygen atoms in total. The number of hydrogen-bond acceptors (Lipinski definition) is 14. The third-order valence-corrected chi connectivity index (χ3v) is 44.5. The third kappa shape index (κ3) is 44.3. The zero-order valence-electron chi connectivity index (χ0n) is 92.3. The van der Waals surface area contributed by atoms with E-state index in [0.29, 0.717) is 13.0 Å². The first-order valence-corrected chi connectivity index (χ1v) is 80.2. The number of unbranched alkanes of at least 4 members (excludes halogenated alkanes) is 7. The Bertz CT molecular complexity index is 6120. The number of nitrogens with zero attached hydrogens (tertiary/aromatic N) is 7. The van der Waals surface area contributed by atoms with Gasteiger partial charge in [-0.05, 0) is 253 Å². The second-order valence-corrected chi connectivity index (χ2v) is 77.0. The fourth-order valence-corrected chi connectivity index (χ4v) is 30.2. The fourth-order valence-electron chi connectivity index (χ4n) is 16.7. The van der Waals surface area contributed by atoms with Crippen molar-refractivity contribution in [1.82, 2.24) is 19.8 Å². The smallest absolute Gasteiger partial charge is 0 e. The normalized spacial score (nSPS) is 12.7. The molecule has 0 radical (unpaired) electrons. The molecule has 23 heteroatoms. The maximum absolute atomic E-state index is 11.1. The van der Waals surface area contributed by atoms with E-state index in [1.807, 2.05) is 88.5 Å². The molecule has 9 aromatic carbocycles. The first kappa shape index (κ1) is 129. The molecule has 0 bridgehead atoms. The second kappa shape index (κ2) is 66.7. The Balaban J connectivity index is 0.000000304. The molecule has 4 aromatic heterocycles. The van der Waals surface area contributed by atoms with Crippen molar-refractivity contribution < 1.29 is 50.5 Å². The number of aromatic nitrogens is 2. The fraction of sp³-hybridized carbons (Fsp3) is 0.443. The Morgan fingerprint density at radius 2 is 0.814 bits per heavy atom. The molecule has 0 aliphatic carbocycles. The van der Waals surface area contributed by atoms with Crippen molar-refractivity contribution in [1.29, 1.82) is 0 Å². The molecule has 0 unspecified atom stereocenters. The molecular formula is C122H172Br2N7O6PdS5Sn2+. The van der Waals surface area contributed by atoms with Crippen LogP contribution in [0, 0.1) is 41.5 Å². The molecule has 15 rings (SSSR count). The van der Waals surface area contributed by atoms with Crippen LogP contribution >= 0.6 is 65.9 Å². The predicted molar refractivity (Wildman–Crippen MR) is 642 cm³/mol. The van der Waals surface area contributed by atoms with Crippen molar-refractivity contribution in [3.8, 4) is 64.3 Å². The number of para-hydroxylation sites is 4. The Labute approximate surface area is 927 Å². The van der Waals surface area contributed by atoms with Gasteiger partial charge in [0.1, 0.15) is 6.54 Å². The maximum Gasteiger partial charge on any atom is 0 e. The average Bonchev–Trinajstić information content (AvgIpc) is 1.28. The number of aryl methyl sites for hydroxylation is 6. The van der Waals surface area contributed by atoms with Gasteiger partial charge in [0.05, 0.1) is 78.5 Å². The van der Waals surface area contributed by atoms with Gasteiger partial charge in [0.15, 0.2) is 5.66 Å². The van der Waals surface area contributed by atoms with Gasteiger partial charge < -0.3 is 4.48 Å². The SMILES string of the molecule is CC.CC.CC.CCCCCCC1(CCCCCC)N=c2ccccc2=N1.CCN(CC)Cc1cc(-c2ccc(C)cc2)sc1-c1ccc(C)cc1.CCN(CC)Cc1cc(Br)sc1Br.CC[N+](CC)(CCCCS(=O)(=O)O)Cc1cc(-c2ccc(C)cc2)sc1-c1ccc(C)cc1.Cc1cccc(-c2nc3ccccc3nc2-c2cccc(C)c2)c1.O=S1(=O)CCCCO1.[CH3][Sn]([CH3])([CH3])[c]1cc[c]([Sn]([CH3])([CH3])[CH3])cc1.[Pd]. The summed E-state index contributed by atoms with van der Waals surface area (Å²) in [5.74, 6) is 0.0398. The summed E-state index contributed by atoms with van der Waals surface area (Å²) in [6, 6.07) is 85.1. The monoisotopic (exact) mass is 2490 g/mol. The van der Waals surface area contributed by atoms with E-state index in [-0.39, 0.29) is 37.6 Å². The summed E-state index contributed by atoms with van der Waals surface area (Å²) in [7, 11) is -6.98. The number of hydrogen-bond donors (Lipinski definition) is 1. The average molecular weight is 2500 g/mol. The molecule has 0 spiro atoms. The van der Waals surface area contributed by atoms with Crippen LogP contribution in [-0.2, 0) is 64.5 Å². The minimum atomic E-state index is -3.90. The molecule has 2 aliphatic heterocycles. The van der Waals surface area contributed by atoms with Crippen LogP contribution < -0.4 is 17.9 Å². The topological polar surface area (TPSA) is 155 Å². The first-order valence-electron chi connectivity index (χ1n) is 53.0. The molecule has 6 heterocycles. The van der Waals surface area contributed by atoms with Crippen molar-refractivity contribution in [2.75, 3.05) is 63.9 Å². The standard InChI is InChI=1S/C27H35NO3S2.C23H27NS.C22H18N2.C19H30N2.C9H13Br2NS.C6H4.C4H8O3S.3C2H6.6CH3.Pd.2Sn/c1-5-28(6-2,17-7-8-18-33(29,30)31)20-25-19-26(23-13-9-21(3)10-14-23)32-27(25)24-15-11-22(4)12-16-24;1-5-24(6-2)16-21-15-22(19-11-7-17(3)8-12-19)25-23(21)20-13-9-18(4)10-14-20;1-15-7-5-9-17(13-15)21-22(18-10-6-8-16(2)14-18)24-20-12-4-3-11-19(20)23-21;1-3-5-7-11-15-19(16-12-8-6-4-2)20-17-13-9-10-14-18(17)21-19;1-3-12(4-2)6-7-5-8(10)13-9(7)11;1-2-4-6-5-3-1;5-8(6)4-2-1-3-7-8;3*1-2;;;;;;;;;/h9-16,19H,5-8,17-18,20H2,1-4H3;7-15H,5-6,16H2,1-4H3;3-14H,1-2H3;9-10,13-14H,3-8,11-12,15-16H2,1-2H3;5H,3-4,6H2,1-2H3;1-2,5-6H;1-4H2;3*1-2H3;6*1H3;;;/p+1. The molecule has 0 amide bonds. The van der Waals surface area contributed by atoms with Gasteiger partial charge in [0.25, 0.3) is 20.2 Å². The van der Waals surface area contributed by atoms with Gasteiger partial charge in [0, 0.05) is 69.7 Å². The van der Waals surface area contributed by atoms with E-state index in [1.165, 1.54) is 151 Å². The van der Waals surface area contributed by atoms with E-state index in [0.717, 1.165) is 146 Å². The van der Waals surface area contributed by atoms with Gasteiger partial charge in [-0.3, -0.25) is 28.5 Å². The molecule has 2 aliphatic rings. The Hall–Kier alpha value is -6.06. The Morgan fingerprint density at radius 3 is 1.15 bits per heavy atom. The van der Waals surface area contributed by atoms with Crippen molar-refractivity contribution in [3.63, 3.8) is 0 Å². The van der Waals surface area contributed by atoms with E-state index >= 15 is 0 Å². The molecule has 1 N–H and O–H groups in total. The molecule has 792 valence electrons. The largest absolute Gasteiger partial charge is 0 e. The van der Waals surface area contributed by atoms with E-state index in [1.54, 1.807) is 18.5 Å². The van der Waals surface area contributed by atoms with Crippen LogP contribution in [0.15, 0.2) is 254 Å². The van der Waals surface area contributed by atoms with Crippen molar-refractivity contribution in [2.45, 2.75) is 283 Å². The van der Waals surface area contributed by atoms with Crippen LogP contribution in [0.25, 0.3) is 75.3 Å². The van der Waals surface area contributed by atoms with Gasteiger partial charge in [-0.15, -0.1) is 34.0 Å². The summed E-state index contributed by atoms with van der Waals surface area (Å²) in [5, 5.41) is 2.20. The van der Waals surface area contributed by atoms with Crippen LogP contribution in [0.1, 0.15) is 237 Å². The number of fused-ring (bicyclic) bond motifs is 2. The quantitative estimate of drug-likeness (QED) is 0.0133. The zero-order chi connectivity index (χ0) is 106. The number of benzene rings is 9. The number of quaternary nitrogens is 1. The van der Waals surface area contributed by atoms with Crippen LogP contribution in [-0.4, -0.2) is 152 Å². The van der Waals surface area contributed by atoms with E-state index in [2.05, 4.69) is 385 Å². The summed E-state index contributed by atoms with van der Waals surface area (Å²) in [6.45, 7) is 53.1. The van der Waals surface area contributed by atoms with E-state index in [4.69, 9.17) is 24.5 Å². The summed E-state index contributed by atoms with van der Waals surface area (Å²) in [6.07, 6.45) is 15.5. The van der Waals surface area contributed by atoms with Crippen molar-refractivity contribution in [3.05, 3.63) is 305 Å². The van der Waals surface area contributed by atoms with Crippen LogP contribution in [0.4, 0.5) is 0 Å². The van der Waals surface area contributed by atoms with Crippen molar-refractivity contribution in [2.24, 2.45) is 9.98 Å². The summed E-state index contributed by atoms with van der Waals surface area (Å²) >= 11 is 8.96. The van der Waals surface area contributed by atoms with E-state index in [9.17, 15) is 16.8 Å². The van der Waals surface area contributed by atoms with Crippen LogP contribution in [0.3, 0.4) is 0 Å². The number of rotatable bonds is 35. The molecule has 13 aromatic rings. The molecule has 1 fully saturated rings. The number of thiophene rings is 3. The maximum atomic E-state index is 11.1. The Kier molecular flexibility index (Phi) is 59.5. The first-order chi connectivity index (χ1) is 68.8. The second-order valence-electron chi connectivity index (χ2n) is 38.8. The third-order valence-electron chi connectivity index (χ3n) is 25.6. The zero-order valence-corrected chi connectivity index (χ0v) is 107. The molecule has 0 atom stereocenters. The van der Waals surface area contributed by atoms with Gasteiger partial charge in [-0.25, -0.2) is 9.97 Å². The minimum absolute atomic E-state index is 0. The van der Waals surface area contributed by atoms with Gasteiger partial charge in [0.2, 0.25) is 0 Å². The van der Waals surface area contributed by atoms with Gasteiger partial charge in [-0.1, -0.05) is 313 Å². The molecular weight excluding hydrogens is 2320 g/mol. The van der Waals surface area contributed by atoms with Gasteiger partial charge >= 0.3 is 97.8 Å². The van der Waals surface area contributed by atoms with Crippen LogP contribution in [0.2, 0.25) is 29.6 Å². The van der Waals surface area contributed by atoms with Crippen molar-refractivity contribution >= 4 is 141 Å². The van der Waals surface area contributed by atoms with Gasteiger partial charge in [-0.2, -0.15) is 16.8 Å². The minimum Gasteiger partial charge on any atom is 0 e. The van der Waals surface area contributed by atoms with E-state index < -0.39 is 57.0 Å². The number of halogens is 2. The summed E-state index contributed by atoms with van der Waals surface area (Å²) in [5.41, 5.74) is 22.6. The molecule has 1 saturated heterocycles. The predicted octanol–water partition coefficient (Wildman–Crippen LogP) is 33.5.